The number of carboxylic acids is 1. The van der Waals surface area contributed by atoms with Gasteiger partial charge in [-0.05, 0) is 45.3 Å². The molecule has 0 radical (unpaired) electrons. The number of unbranched alkanes of at least 4 members (excludes halogenated alkanes) is 2. The molecule has 102 valence electrons. The molecule has 0 aromatic heterocycles. The second-order valence-electron chi connectivity index (χ2n) is 4.97. The van der Waals surface area contributed by atoms with Gasteiger partial charge < -0.3 is 16.5 Å². The molecule has 1 aliphatic heterocycles. The Morgan fingerprint density at radius 2 is 1.83 bits per heavy atom. The van der Waals surface area contributed by atoms with Gasteiger partial charge in [0.15, 0.2) is 0 Å². The van der Waals surface area contributed by atoms with Crippen LogP contribution in [0, 0.1) is 5.92 Å². The minimum Gasteiger partial charge on any atom is -1.00 e. The van der Waals surface area contributed by atoms with Crippen molar-refractivity contribution in [1.29, 1.82) is 0 Å². The number of hydrogen-bond donors (Lipinski definition) is 2. The van der Waals surface area contributed by atoms with E-state index in [9.17, 15) is 4.79 Å². The Hall–Kier alpha value is 0.390. The summed E-state index contributed by atoms with van der Waals surface area (Å²) < 4.78 is 0. The van der Waals surface area contributed by atoms with Crippen LogP contribution in [0.15, 0.2) is 0 Å². The van der Waals surface area contributed by atoms with Gasteiger partial charge in [0.1, 0.15) is 0 Å². The van der Waals surface area contributed by atoms with Gasteiger partial charge >= 0.3 is 35.5 Å². The van der Waals surface area contributed by atoms with Crippen LogP contribution < -0.4 is 29.6 Å². The van der Waals surface area contributed by atoms with Crippen LogP contribution in [0.3, 0.4) is 0 Å². The van der Waals surface area contributed by atoms with Gasteiger partial charge in [-0.1, -0.05) is 19.3 Å². The van der Waals surface area contributed by atoms with Crippen molar-refractivity contribution in [2.75, 3.05) is 26.2 Å². The first kappa shape index (κ1) is 18.4. The number of likely N-dealkylation sites (tertiary alicyclic amines) is 1. The fourth-order valence-corrected chi connectivity index (χ4v) is 2.38. The molecule has 1 saturated heterocycles. The van der Waals surface area contributed by atoms with Crippen molar-refractivity contribution < 1.29 is 46.0 Å². The number of carbonyl (C=O) groups is 1. The molecule has 18 heavy (non-hydrogen) atoms. The van der Waals surface area contributed by atoms with E-state index in [1.807, 2.05) is 0 Å². The number of aliphatic hydroxyl groups is 1. The molecule has 4 nitrogen and oxygen atoms in total. The minimum absolute atomic E-state index is 0. The van der Waals surface area contributed by atoms with Crippen molar-refractivity contribution in [3.63, 3.8) is 0 Å². The zero-order valence-corrected chi connectivity index (χ0v) is 13.6. The van der Waals surface area contributed by atoms with Crippen molar-refractivity contribution in [2.45, 2.75) is 44.9 Å². The number of aliphatic hydroxyl groups excluding tert-OH is 1. The van der Waals surface area contributed by atoms with Gasteiger partial charge in [0.25, 0.3) is 0 Å². The molecule has 1 atom stereocenters. The Bertz CT molecular complexity index is 226. The Morgan fingerprint density at radius 3 is 2.39 bits per heavy atom. The van der Waals surface area contributed by atoms with Crippen molar-refractivity contribution >= 4 is 5.97 Å². The van der Waals surface area contributed by atoms with Crippen LogP contribution in [0.5, 0.6) is 0 Å². The zero-order chi connectivity index (χ0) is 12.5. The van der Waals surface area contributed by atoms with Gasteiger partial charge in [-0.2, -0.15) is 0 Å². The maximum absolute atomic E-state index is 10.7. The quantitative estimate of drug-likeness (QED) is 0.430. The standard InChI is InChI=1S/C13H25NO3.Na.H/c15-11-12(13(16)17)7-3-1-4-8-14-9-5-2-6-10-14;;/h12,15H,1-11H2,(H,16,17);;/q;+1;-1. The van der Waals surface area contributed by atoms with Crippen LogP contribution in [0.25, 0.3) is 0 Å². The first-order valence-electron chi connectivity index (χ1n) is 6.80. The predicted octanol–water partition coefficient (Wildman–Crippen LogP) is -1.16. The molecule has 5 heteroatoms. The molecule has 0 aliphatic carbocycles. The van der Waals surface area contributed by atoms with Gasteiger partial charge in [-0.15, -0.1) is 0 Å². The summed E-state index contributed by atoms with van der Waals surface area (Å²) >= 11 is 0. The predicted molar refractivity (Wildman–Crippen MR) is 68.1 cm³/mol. The van der Waals surface area contributed by atoms with Crippen LogP contribution in [0.1, 0.15) is 46.4 Å². The molecule has 2 N–H and O–H groups in total. The van der Waals surface area contributed by atoms with Gasteiger partial charge in [0.2, 0.25) is 0 Å². The molecule has 0 amide bonds. The Morgan fingerprint density at radius 1 is 1.17 bits per heavy atom. The fraction of sp³-hybridized carbons (Fsp3) is 0.923. The van der Waals surface area contributed by atoms with E-state index < -0.39 is 11.9 Å². The summed E-state index contributed by atoms with van der Waals surface area (Å²) in [6.45, 7) is 3.38. The van der Waals surface area contributed by atoms with E-state index in [-0.39, 0.29) is 37.6 Å². The van der Waals surface area contributed by atoms with Gasteiger partial charge in [0, 0.05) is 0 Å². The number of hydrogen-bond acceptors (Lipinski definition) is 3. The summed E-state index contributed by atoms with van der Waals surface area (Å²) in [6.07, 6.45) is 7.75. The molecule has 0 aromatic rings. The Kier molecular flexibility index (Phi) is 11.5. The third kappa shape index (κ3) is 7.74. The zero-order valence-electron chi connectivity index (χ0n) is 12.6. The number of aliphatic carboxylic acids is 1. The summed E-state index contributed by atoms with van der Waals surface area (Å²) in [7, 11) is 0. The average Bonchev–Trinajstić information content (AvgIpc) is 2.34. The van der Waals surface area contributed by atoms with Crippen molar-refractivity contribution in [3.8, 4) is 0 Å². The van der Waals surface area contributed by atoms with Crippen LogP contribution in [0.4, 0.5) is 0 Å². The number of carboxylic acid groups (broad SMARTS) is 1. The topological polar surface area (TPSA) is 60.8 Å². The van der Waals surface area contributed by atoms with Crippen molar-refractivity contribution in [3.05, 3.63) is 0 Å². The molecule has 1 unspecified atom stereocenters. The van der Waals surface area contributed by atoms with E-state index in [0.717, 1.165) is 25.8 Å². The van der Waals surface area contributed by atoms with Crippen molar-refractivity contribution in [1.82, 2.24) is 4.90 Å². The second-order valence-corrected chi connectivity index (χ2v) is 4.97. The molecule has 0 bridgehead atoms. The molecule has 1 heterocycles. The fourth-order valence-electron chi connectivity index (χ4n) is 2.38. The van der Waals surface area contributed by atoms with E-state index in [1.54, 1.807) is 0 Å². The molecule has 0 spiro atoms. The minimum atomic E-state index is -0.872. The summed E-state index contributed by atoms with van der Waals surface area (Å²) in [4.78, 5) is 13.2. The van der Waals surface area contributed by atoms with Crippen molar-refractivity contribution in [2.24, 2.45) is 5.92 Å². The molecule has 1 aliphatic rings. The number of rotatable bonds is 8. The third-order valence-electron chi connectivity index (χ3n) is 3.55. The first-order valence-corrected chi connectivity index (χ1v) is 6.80. The van der Waals surface area contributed by atoms with Gasteiger partial charge in [-0.25, -0.2) is 0 Å². The van der Waals surface area contributed by atoms with E-state index >= 15 is 0 Å². The van der Waals surface area contributed by atoms with E-state index in [0.29, 0.717) is 6.42 Å². The SMILES string of the molecule is O=C(O)C(CO)CCCCCN1CCCCC1.[H-].[Na+]. The Labute approximate surface area is 134 Å². The Balaban J connectivity index is 0. The van der Waals surface area contributed by atoms with Crippen LogP contribution >= 0.6 is 0 Å². The summed E-state index contributed by atoms with van der Waals surface area (Å²) in [5.74, 6) is -1.44. The summed E-state index contributed by atoms with van der Waals surface area (Å²) in [6, 6.07) is 0. The molecule has 0 saturated carbocycles. The molecule has 0 aromatic carbocycles. The molecule has 1 rings (SSSR count). The van der Waals surface area contributed by atoms with E-state index in [2.05, 4.69) is 4.90 Å². The first-order chi connectivity index (χ1) is 8.24. The maximum atomic E-state index is 10.7. The maximum Gasteiger partial charge on any atom is 1.00 e. The molecular weight excluding hydrogens is 241 g/mol. The summed E-state index contributed by atoms with van der Waals surface area (Å²) in [5.41, 5.74) is 0. The van der Waals surface area contributed by atoms with E-state index in [1.165, 1.54) is 32.4 Å². The monoisotopic (exact) mass is 267 g/mol. The normalized spacial score (nSPS) is 18.1. The summed E-state index contributed by atoms with van der Waals surface area (Å²) in [5, 5.41) is 17.6. The third-order valence-corrected chi connectivity index (χ3v) is 3.55. The van der Waals surface area contributed by atoms with Crippen LogP contribution in [-0.2, 0) is 4.79 Å². The van der Waals surface area contributed by atoms with Crippen LogP contribution in [-0.4, -0.2) is 47.3 Å². The average molecular weight is 267 g/mol. The molecular formula is C13H26NNaO3. The second kappa shape index (κ2) is 11.2. The van der Waals surface area contributed by atoms with Gasteiger partial charge in [-0.3, -0.25) is 4.79 Å². The number of piperidine rings is 1. The molecule has 1 fully saturated rings. The van der Waals surface area contributed by atoms with Crippen LogP contribution in [0.2, 0.25) is 0 Å². The van der Waals surface area contributed by atoms with E-state index in [4.69, 9.17) is 10.2 Å². The number of nitrogens with zero attached hydrogens (tertiary/aromatic N) is 1. The smallest absolute Gasteiger partial charge is 1.00 e. The largest absolute Gasteiger partial charge is 1.00 e. The van der Waals surface area contributed by atoms with Gasteiger partial charge in [0.05, 0.1) is 12.5 Å².